The van der Waals surface area contributed by atoms with Crippen molar-refractivity contribution in [3.05, 3.63) is 0 Å². The molecule has 13 heavy (non-hydrogen) atoms. The van der Waals surface area contributed by atoms with Gasteiger partial charge in [-0.1, -0.05) is 0 Å². The molecular formula is C9H19NO3. The van der Waals surface area contributed by atoms with Crippen molar-refractivity contribution in [2.75, 3.05) is 13.7 Å². The van der Waals surface area contributed by atoms with Gasteiger partial charge in [0.1, 0.15) is 6.61 Å². The second-order valence-corrected chi connectivity index (χ2v) is 4.02. The summed E-state index contributed by atoms with van der Waals surface area (Å²) in [5.41, 5.74) is -0.257. The highest BCUT2D eigenvalue weighted by Crippen LogP contribution is 1.99. The molecule has 1 atom stereocenters. The summed E-state index contributed by atoms with van der Waals surface area (Å²) in [6, 6.07) is 0. The molecule has 0 aliphatic carbocycles. The molecule has 0 saturated heterocycles. The van der Waals surface area contributed by atoms with Gasteiger partial charge in [-0.25, -0.2) is 4.79 Å². The van der Waals surface area contributed by atoms with Gasteiger partial charge < -0.3 is 14.8 Å². The molecule has 4 heteroatoms. The highest BCUT2D eigenvalue weighted by Gasteiger charge is 2.15. The average Bonchev–Trinajstić information content (AvgIpc) is 1.97. The van der Waals surface area contributed by atoms with Crippen molar-refractivity contribution in [1.29, 1.82) is 0 Å². The number of methoxy groups -OCH3 is 1. The Bertz CT molecular complexity index is 163. The first-order chi connectivity index (χ1) is 5.85. The van der Waals surface area contributed by atoms with Gasteiger partial charge in [0.2, 0.25) is 0 Å². The number of hydrogen-bond donors (Lipinski definition) is 1. The topological polar surface area (TPSA) is 47.6 Å². The minimum atomic E-state index is -0.406. The summed E-state index contributed by atoms with van der Waals surface area (Å²) in [7, 11) is 1.58. The molecule has 1 N–H and O–H groups in total. The van der Waals surface area contributed by atoms with E-state index in [1.807, 2.05) is 27.7 Å². The van der Waals surface area contributed by atoms with Gasteiger partial charge in [0, 0.05) is 12.6 Å². The second-order valence-electron chi connectivity index (χ2n) is 4.02. The van der Waals surface area contributed by atoms with E-state index in [1.54, 1.807) is 7.11 Å². The van der Waals surface area contributed by atoms with E-state index in [1.165, 1.54) is 0 Å². The predicted octanol–water partition coefficient (Wildman–Crippen LogP) is 1.55. The Morgan fingerprint density at radius 1 is 1.46 bits per heavy atom. The Kier molecular flexibility index (Phi) is 4.77. The van der Waals surface area contributed by atoms with Gasteiger partial charge in [-0.15, -0.1) is 0 Å². The largest absolute Gasteiger partial charge is 0.447 e. The van der Waals surface area contributed by atoms with Crippen LogP contribution in [0, 0.1) is 0 Å². The summed E-state index contributed by atoms with van der Waals surface area (Å²) in [5, 5.41) is 2.68. The van der Waals surface area contributed by atoms with Crippen LogP contribution in [0.5, 0.6) is 0 Å². The van der Waals surface area contributed by atoms with E-state index in [-0.39, 0.29) is 18.2 Å². The number of rotatable bonds is 3. The maximum Gasteiger partial charge on any atom is 0.407 e. The van der Waals surface area contributed by atoms with Gasteiger partial charge in [-0.3, -0.25) is 0 Å². The van der Waals surface area contributed by atoms with Gasteiger partial charge in [0.15, 0.2) is 0 Å². The van der Waals surface area contributed by atoms with Crippen LogP contribution in [0.15, 0.2) is 0 Å². The molecule has 0 aromatic rings. The van der Waals surface area contributed by atoms with Crippen LogP contribution in [0.3, 0.4) is 0 Å². The number of ether oxygens (including phenoxy) is 2. The number of hydrogen-bond acceptors (Lipinski definition) is 3. The third-order valence-electron chi connectivity index (χ3n) is 1.33. The van der Waals surface area contributed by atoms with Crippen LogP contribution in [0.1, 0.15) is 27.7 Å². The van der Waals surface area contributed by atoms with Crippen LogP contribution in [0.25, 0.3) is 0 Å². The third kappa shape index (κ3) is 7.59. The molecule has 0 aromatic carbocycles. The Balaban J connectivity index is 3.64. The van der Waals surface area contributed by atoms with Crippen LogP contribution >= 0.6 is 0 Å². The van der Waals surface area contributed by atoms with E-state index in [0.717, 1.165) is 0 Å². The van der Waals surface area contributed by atoms with E-state index >= 15 is 0 Å². The lowest BCUT2D eigenvalue weighted by atomic mass is 10.1. The van der Waals surface area contributed by atoms with Crippen molar-refractivity contribution in [2.24, 2.45) is 0 Å². The zero-order valence-corrected chi connectivity index (χ0v) is 9.01. The highest BCUT2D eigenvalue weighted by atomic mass is 16.6. The maximum absolute atomic E-state index is 11.1. The van der Waals surface area contributed by atoms with Gasteiger partial charge in [-0.2, -0.15) is 0 Å². The molecule has 78 valence electrons. The number of amides is 1. The summed E-state index contributed by atoms with van der Waals surface area (Å²) in [6.45, 7) is 7.80. The van der Waals surface area contributed by atoms with E-state index in [0.29, 0.717) is 0 Å². The number of carbonyl (C=O) groups excluding carboxylic acids is 1. The third-order valence-corrected chi connectivity index (χ3v) is 1.33. The van der Waals surface area contributed by atoms with Crippen LogP contribution in [-0.2, 0) is 9.47 Å². The average molecular weight is 189 g/mol. The standard InChI is InChI=1S/C9H19NO3/c1-7(12-5)6-13-8(11)10-9(2,3)4/h7H,6H2,1-5H3,(H,10,11)/t7-/m0/s1. The van der Waals surface area contributed by atoms with E-state index in [9.17, 15) is 4.79 Å². The summed E-state index contributed by atoms with van der Waals surface area (Å²) in [4.78, 5) is 11.1. The smallest absolute Gasteiger partial charge is 0.407 e. The van der Waals surface area contributed by atoms with Crippen LogP contribution in [0.2, 0.25) is 0 Å². The van der Waals surface area contributed by atoms with Crippen molar-refractivity contribution >= 4 is 6.09 Å². The molecule has 0 aliphatic heterocycles. The molecule has 0 rings (SSSR count). The fraction of sp³-hybridized carbons (Fsp3) is 0.889. The van der Waals surface area contributed by atoms with Gasteiger partial charge in [0.25, 0.3) is 0 Å². The molecule has 0 spiro atoms. The van der Waals surface area contributed by atoms with E-state index in [2.05, 4.69) is 5.32 Å². The normalized spacial score (nSPS) is 13.6. The van der Waals surface area contributed by atoms with Crippen molar-refractivity contribution in [1.82, 2.24) is 5.32 Å². The van der Waals surface area contributed by atoms with Gasteiger partial charge >= 0.3 is 6.09 Å². The minimum absolute atomic E-state index is 0.0641. The molecule has 0 saturated carbocycles. The molecule has 0 radical (unpaired) electrons. The summed E-state index contributed by atoms with van der Waals surface area (Å²) >= 11 is 0. The SMILES string of the molecule is CO[C@@H](C)COC(=O)NC(C)(C)C. The van der Waals surface area contributed by atoms with Crippen LogP contribution in [0.4, 0.5) is 4.79 Å². The Morgan fingerprint density at radius 3 is 2.38 bits per heavy atom. The highest BCUT2D eigenvalue weighted by molar-refractivity contribution is 5.68. The maximum atomic E-state index is 11.1. The Hall–Kier alpha value is -0.770. The van der Waals surface area contributed by atoms with Crippen LogP contribution < -0.4 is 5.32 Å². The van der Waals surface area contributed by atoms with Crippen molar-refractivity contribution < 1.29 is 14.3 Å². The van der Waals surface area contributed by atoms with Gasteiger partial charge in [-0.05, 0) is 27.7 Å². The number of alkyl carbamates (subject to hydrolysis) is 1. The molecule has 0 aliphatic rings. The molecule has 0 fully saturated rings. The fourth-order valence-electron chi connectivity index (χ4n) is 0.603. The lowest BCUT2D eigenvalue weighted by Crippen LogP contribution is -2.41. The molecule has 0 unspecified atom stereocenters. The summed E-state index contributed by atoms with van der Waals surface area (Å²) in [5.74, 6) is 0. The molecule has 0 aromatic heterocycles. The van der Waals surface area contributed by atoms with E-state index in [4.69, 9.17) is 9.47 Å². The van der Waals surface area contributed by atoms with E-state index < -0.39 is 6.09 Å². The van der Waals surface area contributed by atoms with Gasteiger partial charge in [0.05, 0.1) is 6.10 Å². The zero-order valence-electron chi connectivity index (χ0n) is 9.01. The van der Waals surface area contributed by atoms with Crippen molar-refractivity contribution in [3.63, 3.8) is 0 Å². The lowest BCUT2D eigenvalue weighted by Gasteiger charge is -2.20. The predicted molar refractivity (Wildman–Crippen MR) is 50.7 cm³/mol. The monoisotopic (exact) mass is 189 g/mol. The fourth-order valence-corrected chi connectivity index (χ4v) is 0.603. The molecule has 0 heterocycles. The summed E-state index contributed by atoms with van der Waals surface area (Å²) in [6.07, 6.45) is -0.470. The van der Waals surface area contributed by atoms with Crippen LogP contribution in [-0.4, -0.2) is 31.5 Å². The molecular weight excluding hydrogens is 170 g/mol. The van der Waals surface area contributed by atoms with Crippen molar-refractivity contribution in [3.8, 4) is 0 Å². The Morgan fingerprint density at radius 2 is 2.00 bits per heavy atom. The molecule has 1 amide bonds. The number of nitrogens with one attached hydrogen (secondary N) is 1. The summed E-state index contributed by atoms with van der Waals surface area (Å²) < 4.78 is 9.82. The first kappa shape index (κ1) is 12.2. The first-order valence-corrected chi connectivity index (χ1v) is 4.33. The number of carbonyl (C=O) groups is 1. The molecule has 0 bridgehead atoms. The molecule has 4 nitrogen and oxygen atoms in total. The minimum Gasteiger partial charge on any atom is -0.447 e. The zero-order chi connectivity index (χ0) is 10.5. The Labute approximate surface area is 79.6 Å². The van der Waals surface area contributed by atoms with Crippen molar-refractivity contribution in [2.45, 2.75) is 39.3 Å². The second kappa shape index (κ2) is 5.07. The lowest BCUT2D eigenvalue weighted by molar-refractivity contribution is 0.0438. The quantitative estimate of drug-likeness (QED) is 0.732. The first-order valence-electron chi connectivity index (χ1n) is 4.33.